The summed E-state index contributed by atoms with van der Waals surface area (Å²) >= 11 is 0. The van der Waals surface area contributed by atoms with Crippen molar-refractivity contribution in [3.63, 3.8) is 0 Å². The van der Waals surface area contributed by atoms with Crippen LogP contribution in [0.25, 0.3) is 0 Å². The number of hydrogen-bond donors (Lipinski definition) is 2. The number of nitrogens with two attached hydrogens (primary N) is 1. The Morgan fingerprint density at radius 3 is 2.67 bits per heavy atom. The lowest BCUT2D eigenvalue weighted by molar-refractivity contribution is -0.126. The van der Waals surface area contributed by atoms with Gasteiger partial charge in [0.15, 0.2) is 0 Å². The van der Waals surface area contributed by atoms with Crippen LogP contribution in [0.5, 0.6) is 5.75 Å². The molecule has 4 nitrogen and oxygen atoms in total. The van der Waals surface area contributed by atoms with Crippen molar-refractivity contribution in [1.82, 2.24) is 0 Å². The zero-order chi connectivity index (χ0) is 15.3. The zero-order valence-electron chi connectivity index (χ0n) is 13.1. The quantitative estimate of drug-likeness (QED) is 0.875. The van der Waals surface area contributed by atoms with Gasteiger partial charge in [-0.2, -0.15) is 0 Å². The van der Waals surface area contributed by atoms with Gasteiger partial charge in [-0.25, -0.2) is 0 Å². The van der Waals surface area contributed by atoms with Crippen LogP contribution in [0.15, 0.2) is 18.2 Å². The van der Waals surface area contributed by atoms with Crippen molar-refractivity contribution in [2.45, 2.75) is 46.0 Å². The number of aryl methyl sites for hydroxylation is 1. The molecule has 21 heavy (non-hydrogen) atoms. The average Bonchev–Trinajstić information content (AvgIpc) is 2.51. The smallest absolute Gasteiger partial charge is 0.231 e. The van der Waals surface area contributed by atoms with Gasteiger partial charge in [0, 0.05) is 6.54 Å². The number of amides is 1. The van der Waals surface area contributed by atoms with Crippen LogP contribution in [0.2, 0.25) is 0 Å². The SMILES string of the molecule is CCOc1cc(C)ccc1NC(=O)C1(CN)CCCCC1. The Bertz CT molecular complexity index is 494. The fraction of sp³-hybridized carbons (Fsp3) is 0.588. The minimum absolute atomic E-state index is 0.0366. The van der Waals surface area contributed by atoms with Crippen molar-refractivity contribution in [3.05, 3.63) is 23.8 Å². The maximum atomic E-state index is 12.7. The molecule has 1 aromatic carbocycles. The summed E-state index contributed by atoms with van der Waals surface area (Å²) in [6.07, 6.45) is 5.12. The number of carbonyl (C=O) groups is 1. The van der Waals surface area contributed by atoms with Crippen LogP contribution in [0.3, 0.4) is 0 Å². The van der Waals surface area contributed by atoms with Gasteiger partial charge in [-0.05, 0) is 44.4 Å². The molecule has 0 atom stereocenters. The third-order valence-corrected chi connectivity index (χ3v) is 4.37. The second-order valence-corrected chi connectivity index (χ2v) is 5.93. The highest BCUT2D eigenvalue weighted by atomic mass is 16.5. The van der Waals surface area contributed by atoms with E-state index in [9.17, 15) is 4.79 Å². The highest BCUT2D eigenvalue weighted by Crippen LogP contribution is 2.37. The molecule has 0 radical (unpaired) electrons. The van der Waals surface area contributed by atoms with Crippen LogP contribution in [0.1, 0.15) is 44.6 Å². The zero-order valence-corrected chi connectivity index (χ0v) is 13.1. The van der Waals surface area contributed by atoms with E-state index in [-0.39, 0.29) is 5.91 Å². The number of nitrogens with one attached hydrogen (secondary N) is 1. The van der Waals surface area contributed by atoms with E-state index < -0.39 is 5.41 Å². The van der Waals surface area contributed by atoms with Gasteiger partial charge in [0.2, 0.25) is 5.91 Å². The van der Waals surface area contributed by atoms with E-state index in [2.05, 4.69) is 5.32 Å². The molecule has 0 aromatic heterocycles. The Labute approximate surface area is 127 Å². The van der Waals surface area contributed by atoms with Crippen molar-refractivity contribution >= 4 is 11.6 Å². The largest absolute Gasteiger partial charge is 0.492 e. The van der Waals surface area contributed by atoms with Gasteiger partial charge < -0.3 is 15.8 Å². The molecular weight excluding hydrogens is 264 g/mol. The van der Waals surface area contributed by atoms with Crippen LogP contribution >= 0.6 is 0 Å². The normalized spacial score (nSPS) is 17.3. The molecule has 0 aliphatic heterocycles. The summed E-state index contributed by atoms with van der Waals surface area (Å²) in [7, 11) is 0. The summed E-state index contributed by atoms with van der Waals surface area (Å²) in [5, 5.41) is 3.04. The molecule has 1 aromatic rings. The van der Waals surface area contributed by atoms with Crippen molar-refractivity contribution < 1.29 is 9.53 Å². The third kappa shape index (κ3) is 3.56. The van der Waals surface area contributed by atoms with Crippen molar-refractivity contribution in [2.24, 2.45) is 11.1 Å². The number of ether oxygens (including phenoxy) is 1. The molecule has 116 valence electrons. The predicted octanol–water partition coefficient (Wildman–Crippen LogP) is 3.24. The molecule has 1 fully saturated rings. The van der Waals surface area contributed by atoms with Crippen LogP contribution in [0.4, 0.5) is 5.69 Å². The molecule has 0 saturated heterocycles. The molecule has 4 heteroatoms. The van der Waals surface area contributed by atoms with Crippen LogP contribution < -0.4 is 15.8 Å². The maximum absolute atomic E-state index is 12.7. The minimum atomic E-state index is -0.410. The Kier molecular flexibility index (Phi) is 5.23. The Morgan fingerprint density at radius 1 is 1.33 bits per heavy atom. The lowest BCUT2D eigenvalue weighted by Gasteiger charge is -2.34. The average molecular weight is 290 g/mol. The van der Waals surface area contributed by atoms with Gasteiger partial charge in [-0.1, -0.05) is 25.3 Å². The molecule has 3 N–H and O–H groups in total. The van der Waals surface area contributed by atoms with Crippen molar-refractivity contribution in [1.29, 1.82) is 0 Å². The van der Waals surface area contributed by atoms with Gasteiger partial charge in [-0.3, -0.25) is 4.79 Å². The van der Waals surface area contributed by atoms with Gasteiger partial charge in [0.1, 0.15) is 5.75 Å². The van der Waals surface area contributed by atoms with E-state index >= 15 is 0 Å². The fourth-order valence-corrected chi connectivity index (χ4v) is 3.02. The van der Waals surface area contributed by atoms with E-state index in [1.807, 2.05) is 32.0 Å². The Balaban J connectivity index is 2.18. The lowest BCUT2D eigenvalue weighted by atomic mass is 9.73. The Morgan fingerprint density at radius 2 is 2.05 bits per heavy atom. The van der Waals surface area contributed by atoms with Gasteiger partial charge in [-0.15, -0.1) is 0 Å². The number of hydrogen-bond acceptors (Lipinski definition) is 3. The monoisotopic (exact) mass is 290 g/mol. The highest BCUT2D eigenvalue weighted by molar-refractivity contribution is 5.96. The molecule has 1 saturated carbocycles. The highest BCUT2D eigenvalue weighted by Gasteiger charge is 2.38. The summed E-state index contributed by atoms with van der Waals surface area (Å²) in [5.41, 5.74) is 7.37. The number of anilines is 1. The summed E-state index contributed by atoms with van der Waals surface area (Å²) in [5.74, 6) is 0.767. The second-order valence-electron chi connectivity index (χ2n) is 5.93. The third-order valence-electron chi connectivity index (χ3n) is 4.37. The minimum Gasteiger partial charge on any atom is -0.492 e. The molecule has 0 bridgehead atoms. The van der Waals surface area contributed by atoms with Crippen molar-refractivity contribution in [3.8, 4) is 5.75 Å². The summed E-state index contributed by atoms with van der Waals surface area (Å²) in [6, 6.07) is 5.84. The topological polar surface area (TPSA) is 64.3 Å². The van der Waals surface area contributed by atoms with E-state index in [1.165, 1.54) is 6.42 Å². The lowest BCUT2D eigenvalue weighted by Crippen LogP contribution is -2.43. The number of rotatable bonds is 5. The number of carbonyl (C=O) groups excluding carboxylic acids is 1. The number of benzene rings is 1. The summed E-state index contributed by atoms with van der Waals surface area (Å²) in [4.78, 5) is 12.7. The first kappa shape index (κ1) is 15.8. The summed E-state index contributed by atoms with van der Waals surface area (Å²) < 4.78 is 5.63. The molecule has 1 aliphatic rings. The van der Waals surface area contributed by atoms with E-state index in [4.69, 9.17) is 10.5 Å². The van der Waals surface area contributed by atoms with Gasteiger partial charge in [0.05, 0.1) is 17.7 Å². The fourth-order valence-electron chi connectivity index (χ4n) is 3.02. The standard InChI is InChI=1S/C17H26N2O2/c1-3-21-15-11-13(2)7-8-14(15)19-16(20)17(12-18)9-5-4-6-10-17/h7-8,11H,3-6,9-10,12,18H2,1-2H3,(H,19,20). The molecule has 0 heterocycles. The molecule has 2 rings (SSSR count). The molecule has 1 amide bonds. The maximum Gasteiger partial charge on any atom is 0.231 e. The second kappa shape index (κ2) is 6.94. The van der Waals surface area contributed by atoms with E-state index in [0.717, 1.165) is 42.7 Å². The van der Waals surface area contributed by atoms with Crippen LogP contribution in [-0.4, -0.2) is 19.1 Å². The Hall–Kier alpha value is -1.55. The summed E-state index contributed by atoms with van der Waals surface area (Å²) in [6.45, 7) is 4.94. The first-order valence-corrected chi connectivity index (χ1v) is 7.86. The molecular formula is C17H26N2O2. The first-order chi connectivity index (χ1) is 10.1. The predicted molar refractivity (Wildman–Crippen MR) is 85.6 cm³/mol. The molecule has 1 aliphatic carbocycles. The van der Waals surface area contributed by atoms with Gasteiger partial charge in [0.25, 0.3) is 0 Å². The van der Waals surface area contributed by atoms with Crippen LogP contribution in [-0.2, 0) is 4.79 Å². The van der Waals surface area contributed by atoms with E-state index in [0.29, 0.717) is 13.2 Å². The molecule has 0 unspecified atom stereocenters. The van der Waals surface area contributed by atoms with Crippen LogP contribution in [0, 0.1) is 12.3 Å². The van der Waals surface area contributed by atoms with E-state index in [1.54, 1.807) is 0 Å². The molecule has 0 spiro atoms. The van der Waals surface area contributed by atoms with Gasteiger partial charge >= 0.3 is 0 Å². The first-order valence-electron chi connectivity index (χ1n) is 7.86. The van der Waals surface area contributed by atoms with Crippen molar-refractivity contribution in [2.75, 3.05) is 18.5 Å².